The number of rotatable bonds is 4. The fraction of sp³-hybridized carbons (Fsp3) is 0.353. The van der Waals surface area contributed by atoms with Crippen molar-refractivity contribution in [2.24, 2.45) is 5.73 Å². The zero-order valence-electron chi connectivity index (χ0n) is 12.8. The smallest absolute Gasteiger partial charge is 0.111 e. The first kappa shape index (κ1) is 14.3. The van der Waals surface area contributed by atoms with Gasteiger partial charge in [0, 0.05) is 28.8 Å². The number of imidazole rings is 1. The van der Waals surface area contributed by atoms with Crippen LogP contribution in [0.1, 0.15) is 34.1 Å². The summed E-state index contributed by atoms with van der Waals surface area (Å²) in [5.41, 5.74) is 9.99. The van der Waals surface area contributed by atoms with Gasteiger partial charge >= 0.3 is 0 Å². The van der Waals surface area contributed by atoms with E-state index in [9.17, 15) is 0 Å². The number of aromatic nitrogens is 2. The van der Waals surface area contributed by atoms with Crippen LogP contribution in [0.5, 0.6) is 0 Å². The third-order valence-electron chi connectivity index (χ3n) is 4.00. The highest BCUT2D eigenvalue weighted by Crippen LogP contribution is 2.28. The summed E-state index contributed by atoms with van der Waals surface area (Å²) in [6, 6.07) is 10.5. The van der Waals surface area contributed by atoms with Gasteiger partial charge in [0.15, 0.2) is 0 Å². The van der Waals surface area contributed by atoms with Crippen molar-refractivity contribution in [3.63, 3.8) is 0 Å². The van der Waals surface area contributed by atoms with E-state index in [1.165, 1.54) is 20.8 Å². The molecule has 0 saturated carbocycles. The zero-order valence-corrected chi connectivity index (χ0v) is 13.6. The van der Waals surface area contributed by atoms with Crippen molar-refractivity contribution in [2.45, 2.75) is 39.8 Å². The normalized spacial score (nSPS) is 13.0. The summed E-state index contributed by atoms with van der Waals surface area (Å²) in [7, 11) is 0. The Hall–Kier alpha value is -1.65. The van der Waals surface area contributed by atoms with Gasteiger partial charge in [0.05, 0.1) is 11.0 Å². The molecule has 0 fully saturated rings. The van der Waals surface area contributed by atoms with E-state index in [-0.39, 0.29) is 6.04 Å². The lowest BCUT2D eigenvalue weighted by molar-refractivity contribution is 0.644. The molecule has 2 aromatic heterocycles. The predicted octanol–water partition coefficient (Wildman–Crippen LogP) is 3.98. The molecule has 0 aliphatic carbocycles. The number of nitrogens with two attached hydrogens (primary N) is 1. The van der Waals surface area contributed by atoms with Gasteiger partial charge in [-0.05, 0) is 44.5 Å². The minimum Gasteiger partial charge on any atom is -0.328 e. The highest BCUT2D eigenvalue weighted by atomic mass is 32.1. The van der Waals surface area contributed by atoms with E-state index < -0.39 is 0 Å². The quantitative estimate of drug-likeness (QED) is 0.792. The average Bonchev–Trinajstić information content (AvgIpc) is 2.99. The first-order valence-corrected chi connectivity index (χ1v) is 8.18. The van der Waals surface area contributed by atoms with E-state index in [0.29, 0.717) is 0 Å². The van der Waals surface area contributed by atoms with E-state index in [2.05, 4.69) is 49.6 Å². The molecular weight excluding hydrogens is 278 g/mol. The number of nitrogens with zero attached hydrogens (tertiary/aromatic N) is 2. The predicted molar refractivity (Wildman–Crippen MR) is 89.8 cm³/mol. The summed E-state index contributed by atoms with van der Waals surface area (Å²) in [6.45, 7) is 7.37. The average molecular weight is 299 g/mol. The minimum atomic E-state index is 0.0181. The molecule has 0 radical (unpaired) electrons. The summed E-state index contributed by atoms with van der Waals surface area (Å²) >= 11 is 1.80. The molecule has 1 aromatic carbocycles. The highest BCUT2D eigenvalue weighted by Gasteiger charge is 2.16. The SMILES string of the molecule is CCn1c(CC(N)c2cc(C)c(C)s2)nc2ccccc21. The van der Waals surface area contributed by atoms with Crippen LogP contribution in [0.3, 0.4) is 0 Å². The standard InChI is InChI=1S/C17H21N3S/c1-4-20-15-8-6-5-7-14(15)19-17(20)10-13(18)16-9-11(2)12(3)21-16/h5-9,13H,4,10,18H2,1-3H3. The van der Waals surface area contributed by atoms with Crippen LogP contribution in [0, 0.1) is 13.8 Å². The lowest BCUT2D eigenvalue weighted by Gasteiger charge is -2.11. The van der Waals surface area contributed by atoms with Gasteiger partial charge in [-0.25, -0.2) is 4.98 Å². The maximum atomic E-state index is 6.41. The Bertz CT molecular complexity index is 750. The van der Waals surface area contributed by atoms with E-state index in [1.54, 1.807) is 11.3 Å². The second-order valence-corrected chi connectivity index (χ2v) is 6.75. The molecule has 0 spiro atoms. The molecule has 21 heavy (non-hydrogen) atoms. The lowest BCUT2D eigenvalue weighted by Crippen LogP contribution is -2.15. The Balaban J connectivity index is 1.93. The van der Waals surface area contributed by atoms with Crippen molar-refractivity contribution < 1.29 is 0 Å². The zero-order chi connectivity index (χ0) is 15.0. The monoisotopic (exact) mass is 299 g/mol. The summed E-state index contributed by atoms with van der Waals surface area (Å²) in [4.78, 5) is 7.37. The number of hydrogen-bond donors (Lipinski definition) is 1. The van der Waals surface area contributed by atoms with Gasteiger partial charge in [-0.15, -0.1) is 11.3 Å². The van der Waals surface area contributed by atoms with Gasteiger partial charge in [0.25, 0.3) is 0 Å². The van der Waals surface area contributed by atoms with Crippen LogP contribution in [0.25, 0.3) is 11.0 Å². The molecule has 0 saturated heterocycles. The van der Waals surface area contributed by atoms with Crippen molar-refractivity contribution >= 4 is 22.4 Å². The van der Waals surface area contributed by atoms with E-state index >= 15 is 0 Å². The summed E-state index contributed by atoms with van der Waals surface area (Å²) < 4.78 is 2.27. The van der Waals surface area contributed by atoms with Gasteiger partial charge < -0.3 is 10.3 Å². The maximum Gasteiger partial charge on any atom is 0.111 e. The summed E-state index contributed by atoms with van der Waals surface area (Å²) in [6.07, 6.45) is 0.780. The molecule has 3 nitrogen and oxygen atoms in total. The molecule has 110 valence electrons. The molecule has 0 aliphatic heterocycles. The van der Waals surface area contributed by atoms with Crippen LogP contribution in [0.4, 0.5) is 0 Å². The molecule has 4 heteroatoms. The topological polar surface area (TPSA) is 43.8 Å². The van der Waals surface area contributed by atoms with Crippen molar-refractivity contribution in [2.75, 3.05) is 0 Å². The van der Waals surface area contributed by atoms with Crippen molar-refractivity contribution in [3.05, 3.63) is 51.5 Å². The van der Waals surface area contributed by atoms with Crippen LogP contribution in [-0.2, 0) is 13.0 Å². The molecule has 0 bridgehead atoms. The lowest BCUT2D eigenvalue weighted by atomic mass is 10.1. The van der Waals surface area contributed by atoms with Crippen molar-refractivity contribution in [1.29, 1.82) is 0 Å². The third kappa shape index (κ3) is 2.61. The van der Waals surface area contributed by atoms with Crippen LogP contribution < -0.4 is 5.73 Å². The molecule has 2 N–H and O–H groups in total. The van der Waals surface area contributed by atoms with E-state index in [1.807, 2.05) is 6.07 Å². The number of benzene rings is 1. The molecule has 3 aromatic rings. The second kappa shape index (κ2) is 5.62. The number of hydrogen-bond acceptors (Lipinski definition) is 3. The summed E-state index contributed by atoms with van der Waals surface area (Å²) in [5, 5.41) is 0. The molecular formula is C17H21N3S. The molecule has 3 rings (SSSR count). The molecule has 1 unspecified atom stereocenters. The number of thiophene rings is 1. The Morgan fingerprint density at radius 1 is 1.29 bits per heavy atom. The van der Waals surface area contributed by atoms with Crippen LogP contribution in [0.15, 0.2) is 30.3 Å². The first-order chi connectivity index (χ1) is 10.1. The molecule has 0 amide bonds. The van der Waals surface area contributed by atoms with Crippen molar-refractivity contribution in [1.82, 2.24) is 9.55 Å². The Kier molecular flexibility index (Phi) is 3.83. The molecule has 0 aliphatic rings. The van der Waals surface area contributed by atoms with Crippen LogP contribution >= 0.6 is 11.3 Å². The second-order valence-electron chi connectivity index (χ2n) is 5.46. The van der Waals surface area contributed by atoms with Gasteiger partial charge in [-0.3, -0.25) is 0 Å². The Morgan fingerprint density at radius 3 is 2.71 bits per heavy atom. The molecule has 1 atom stereocenters. The van der Waals surface area contributed by atoms with Gasteiger partial charge in [-0.1, -0.05) is 12.1 Å². The van der Waals surface area contributed by atoms with E-state index in [4.69, 9.17) is 10.7 Å². The first-order valence-electron chi connectivity index (χ1n) is 7.36. The number of para-hydroxylation sites is 2. The van der Waals surface area contributed by atoms with Gasteiger partial charge in [-0.2, -0.15) is 0 Å². The van der Waals surface area contributed by atoms with Crippen molar-refractivity contribution in [3.8, 4) is 0 Å². The van der Waals surface area contributed by atoms with Crippen LogP contribution in [-0.4, -0.2) is 9.55 Å². The number of aryl methyl sites for hydroxylation is 3. The van der Waals surface area contributed by atoms with Crippen LogP contribution in [0.2, 0.25) is 0 Å². The fourth-order valence-corrected chi connectivity index (χ4v) is 3.76. The Morgan fingerprint density at radius 2 is 2.05 bits per heavy atom. The Labute approximate surface area is 129 Å². The minimum absolute atomic E-state index is 0.0181. The number of fused-ring (bicyclic) bond motifs is 1. The van der Waals surface area contributed by atoms with Gasteiger partial charge in [0.2, 0.25) is 0 Å². The van der Waals surface area contributed by atoms with Gasteiger partial charge in [0.1, 0.15) is 5.82 Å². The maximum absolute atomic E-state index is 6.41. The largest absolute Gasteiger partial charge is 0.328 e. The third-order valence-corrected chi connectivity index (χ3v) is 5.29. The fourth-order valence-electron chi connectivity index (χ4n) is 2.72. The summed E-state index contributed by atoms with van der Waals surface area (Å²) in [5.74, 6) is 1.08. The molecule has 2 heterocycles. The van der Waals surface area contributed by atoms with E-state index in [0.717, 1.165) is 24.3 Å². The highest BCUT2D eigenvalue weighted by molar-refractivity contribution is 7.12.